The number of rotatable bonds is 5. The molecule has 0 heterocycles. The van der Waals surface area contributed by atoms with Crippen molar-refractivity contribution < 1.29 is 5.11 Å². The summed E-state index contributed by atoms with van der Waals surface area (Å²) in [4.78, 5) is 0. The summed E-state index contributed by atoms with van der Waals surface area (Å²) < 4.78 is 0. The normalized spacial score (nSPS) is 11.7. The molecule has 0 aromatic rings. The summed E-state index contributed by atoms with van der Waals surface area (Å²) in [6, 6.07) is 0. The molecule has 1 unspecified atom stereocenters. The molecule has 0 aromatic carbocycles. The Balaban J connectivity index is 0. The van der Waals surface area contributed by atoms with E-state index in [1.54, 1.807) is 0 Å². The van der Waals surface area contributed by atoms with E-state index in [4.69, 9.17) is 5.11 Å². The fourth-order valence-corrected chi connectivity index (χ4v) is 1.02. The first-order valence-electron chi connectivity index (χ1n) is 4.41. The maximum Gasteiger partial charge on any atom is 0.0433 e. The molecule has 0 bridgehead atoms. The molecular formula is C10H20OSn. The van der Waals surface area contributed by atoms with Gasteiger partial charge >= 0.3 is 0 Å². The van der Waals surface area contributed by atoms with Crippen LogP contribution in [0.3, 0.4) is 0 Å². The van der Waals surface area contributed by atoms with E-state index in [0.29, 0.717) is 12.5 Å². The first kappa shape index (κ1) is 15.0. The molecule has 0 aromatic heterocycles. The van der Waals surface area contributed by atoms with Crippen LogP contribution in [0.2, 0.25) is 0 Å². The van der Waals surface area contributed by atoms with Crippen LogP contribution in [0.5, 0.6) is 0 Å². The minimum Gasteiger partial charge on any atom is -0.396 e. The van der Waals surface area contributed by atoms with E-state index in [1.165, 1.54) is 12.0 Å². The van der Waals surface area contributed by atoms with Crippen molar-refractivity contribution in [3.63, 3.8) is 0 Å². The third-order valence-corrected chi connectivity index (χ3v) is 1.83. The first-order chi connectivity index (χ1) is 5.16. The van der Waals surface area contributed by atoms with E-state index in [2.05, 4.69) is 26.8 Å². The van der Waals surface area contributed by atoms with E-state index in [-0.39, 0.29) is 23.9 Å². The molecule has 0 saturated heterocycles. The monoisotopic (exact) mass is 276 g/mol. The van der Waals surface area contributed by atoms with Gasteiger partial charge in [0.1, 0.15) is 0 Å². The van der Waals surface area contributed by atoms with Gasteiger partial charge in [0.15, 0.2) is 0 Å². The van der Waals surface area contributed by atoms with Gasteiger partial charge in [-0.25, -0.2) is 0 Å². The van der Waals surface area contributed by atoms with Gasteiger partial charge in [-0.05, 0) is 39.0 Å². The Morgan fingerprint density at radius 3 is 2.33 bits per heavy atom. The van der Waals surface area contributed by atoms with Crippen LogP contribution in [0, 0.1) is 5.92 Å². The molecular weight excluding hydrogens is 255 g/mol. The number of allylic oxidation sites excluding steroid dienone is 2. The first-order valence-corrected chi connectivity index (χ1v) is 4.41. The average Bonchev–Trinajstić information content (AvgIpc) is 1.87. The van der Waals surface area contributed by atoms with Gasteiger partial charge in [-0.3, -0.25) is 0 Å². The number of aliphatic hydroxyl groups excluding tert-OH is 1. The topological polar surface area (TPSA) is 20.2 Å². The second-order valence-electron chi connectivity index (χ2n) is 3.48. The van der Waals surface area contributed by atoms with Crippen molar-refractivity contribution in [2.24, 2.45) is 5.92 Å². The molecule has 1 N–H and O–H groups in total. The van der Waals surface area contributed by atoms with Gasteiger partial charge in [-0.15, -0.1) is 0 Å². The predicted octanol–water partition coefficient (Wildman–Crippen LogP) is 2.37. The maximum absolute atomic E-state index is 8.63. The predicted molar refractivity (Wildman–Crippen MR) is 55.3 cm³/mol. The molecule has 0 saturated carbocycles. The standard InChI is InChI=1S/C10H20O.Sn/c1-9(2)5-4-6-10(3)7-8-11;/h5,10-11H,4,6-8H2,1-3H3;. The molecule has 0 aliphatic rings. The van der Waals surface area contributed by atoms with Crippen LogP contribution in [0.25, 0.3) is 0 Å². The molecule has 70 valence electrons. The van der Waals surface area contributed by atoms with Crippen LogP contribution in [0.4, 0.5) is 0 Å². The van der Waals surface area contributed by atoms with Crippen LogP contribution in [-0.4, -0.2) is 35.6 Å². The minimum atomic E-state index is 0. The van der Waals surface area contributed by atoms with Gasteiger partial charge in [-0.2, -0.15) is 0 Å². The SMILES string of the molecule is CC(C)=CCCC(C)CCO.[Sn]. The Labute approximate surface area is 93.2 Å². The summed E-state index contributed by atoms with van der Waals surface area (Å²) >= 11 is 0. The summed E-state index contributed by atoms with van der Waals surface area (Å²) in [7, 11) is 0. The molecule has 0 aliphatic carbocycles. The van der Waals surface area contributed by atoms with Crippen LogP contribution in [-0.2, 0) is 0 Å². The molecule has 0 amide bonds. The van der Waals surface area contributed by atoms with Crippen molar-refractivity contribution in [2.75, 3.05) is 6.61 Å². The van der Waals surface area contributed by atoms with Crippen LogP contribution < -0.4 is 0 Å². The Bertz CT molecular complexity index is 117. The smallest absolute Gasteiger partial charge is 0.0433 e. The van der Waals surface area contributed by atoms with Crippen molar-refractivity contribution in [1.29, 1.82) is 0 Å². The van der Waals surface area contributed by atoms with E-state index >= 15 is 0 Å². The second-order valence-corrected chi connectivity index (χ2v) is 3.48. The van der Waals surface area contributed by atoms with Gasteiger partial charge < -0.3 is 5.11 Å². The summed E-state index contributed by atoms with van der Waals surface area (Å²) in [6.07, 6.45) is 5.56. The van der Waals surface area contributed by atoms with Crippen molar-refractivity contribution in [1.82, 2.24) is 0 Å². The average molecular weight is 275 g/mol. The van der Waals surface area contributed by atoms with Crippen LogP contribution in [0.1, 0.15) is 40.0 Å². The number of hydrogen-bond donors (Lipinski definition) is 1. The fraction of sp³-hybridized carbons (Fsp3) is 0.800. The fourth-order valence-electron chi connectivity index (χ4n) is 1.02. The van der Waals surface area contributed by atoms with Crippen molar-refractivity contribution >= 4 is 23.9 Å². The van der Waals surface area contributed by atoms with E-state index in [9.17, 15) is 0 Å². The largest absolute Gasteiger partial charge is 0.396 e. The molecule has 2 heteroatoms. The summed E-state index contributed by atoms with van der Waals surface area (Å²) in [6.45, 7) is 6.76. The number of hydrogen-bond acceptors (Lipinski definition) is 1. The zero-order valence-corrected chi connectivity index (χ0v) is 11.3. The second kappa shape index (κ2) is 9.59. The zero-order valence-electron chi connectivity index (χ0n) is 8.43. The summed E-state index contributed by atoms with van der Waals surface area (Å²) in [5.74, 6) is 0.663. The van der Waals surface area contributed by atoms with E-state index in [0.717, 1.165) is 12.8 Å². The molecule has 0 rings (SSSR count). The van der Waals surface area contributed by atoms with Gasteiger partial charge in [0.05, 0.1) is 0 Å². The molecule has 0 spiro atoms. The van der Waals surface area contributed by atoms with Gasteiger partial charge in [-0.1, -0.05) is 18.6 Å². The van der Waals surface area contributed by atoms with Crippen molar-refractivity contribution in [2.45, 2.75) is 40.0 Å². The molecule has 1 nitrogen and oxygen atoms in total. The molecule has 1 atom stereocenters. The minimum absolute atomic E-state index is 0. The molecule has 12 heavy (non-hydrogen) atoms. The maximum atomic E-state index is 8.63. The summed E-state index contributed by atoms with van der Waals surface area (Å²) in [5.41, 5.74) is 1.39. The number of aliphatic hydroxyl groups is 1. The van der Waals surface area contributed by atoms with Gasteiger partial charge in [0.2, 0.25) is 0 Å². The Morgan fingerprint density at radius 1 is 1.33 bits per heavy atom. The van der Waals surface area contributed by atoms with Crippen LogP contribution >= 0.6 is 0 Å². The van der Waals surface area contributed by atoms with Crippen molar-refractivity contribution in [3.8, 4) is 0 Å². The molecule has 0 fully saturated rings. The van der Waals surface area contributed by atoms with Gasteiger partial charge in [0, 0.05) is 30.5 Å². The third-order valence-electron chi connectivity index (χ3n) is 1.83. The van der Waals surface area contributed by atoms with Crippen LogP contribution in [0.15, 0.2) is 11.6 Å². The third kappa shape index (κ3) is 10.5. The Hall–Kier alpha value is 0.499. The molecule has 4 radical (unpaired) electrons. The summed E-state index contributed by atoms with van der Waals surface area (Å²) in [5, 5.41) is 8.63. The van der Waals surface area contributed by atoms with E-state index in [1.807, 2.05) is 0 Å². The van der Waals surface area contributed by atoms with Crippen molar-refractivity contribution in [3.05, 3.63) is 11.6 Å². The molecule has 0 aliphatic heterocycles. The van der Waals surface area contributed by atoms with E-state index < -0.39 is 0 Å². The zero-order chi connectivity index (χ0) is 8.69. The Kier molecular flexibility index (Phi) is 12.0. The quantitative estimate of drug-likeness (QED) is 0.603. The Morgan fingerprint density at radius 2 is 1.92 bits per heavy atom. The van der Waals surface area contributed by atoms with Gasteiger partial charge in [0.25, 0.3) is 0 Å².